The summed E-state index contributed by atoms with van der Waals surface area (Å²) in [5.74, 6) is 0.0914. The number of alkyl halides is 1. The Hall–Kier alpha value is -1.54. The molecule has 0 bridgehead atoms. The van der Waals surface area contributed by atoms with E-state index in [0.29, 0.717) is 6.54 Å². The van der Waals surface area contributed by atoms with Crippen LogP contribution in [0.2, 0.25) is 0 Å². The maximum Gasteiger partial charge on any atom is 0.182 e. The molecular formula is C14H14ClNO. The maximum atomic E-state index is 12.1. The molecule has 0 amide bonds. The third-order valence-corrected chi connectivity index (χ3v) is 3.14. The first kappa shape index (κ1) is 11.9. The molecule has 0 N–H and O–H groups in total. The lowest BCUT2D eigenvalue weighted by Crippen LogP contribution is -2.31. The molecule has 17 heavy (non-hydrogen) atoms. The number of hydrogen-bond acceptors (Lipinski definition) is 2. The van der Waals surface area contributed by atoms with E-state index in [4.69, 9.17) is 11.6 Å². The third-order valence-electron chi connectivity index (χ3n) is 2.75. The van der Waals surface area contributed by atoms with Gasteiger partial charge in [-0.25, -0.2) is 0 Å². The minimum Gasteiger partial charge on any atom is -0.350 e. The van der Waals surface area contributed by atoms with Crippen molar-refractivity contribution in [3.8, 4) is 0 Å². The van der Waals surface area contributed by atoms with Gasteiger partial charge in [0.05, 0.1) is 6.54 Å². The first-order chi connectivity index (χ1) is 8.18. The van der Waals surface area contributed by atoms with Crippen molar-refractivity contribution in [1.82, 2.24) is 4.90 Å². The van der Waals surface area contributed by atoms with Crippen LogP contribution in [0.5, 0.6) is 0 Å². The second-order valence-corrected chi connectivity index (χ2v) is 4.46. The zero-order valence-electron chi connectivity index (χ0n) is 9.64. The quantitative estimate of drug-likeness (QED) is 0.465. The molecule has 1 aromatic carbocycles. The minimum atomic E-state index is -0.243. The second kappa shape index (κ2) is 5.19. The van der Waals surface area contributed by atoms with Crippen LogP contribution in [-0.2, 0) is 0 Å². The van der Waals surface area contributed by atoms with E-state index < -0.39 is 0 Å². The number of carbonyl (C=O) groups excluding carboxylic acids is 1. The average molecular weight is 248 g/mol. The van der Waals surface area contributed by atoms with Crippen LogP contribution in [0.3, 0.4) is 0 Å². The van der Waals surface area contributed by atoms with E-state index in [0.717, 1.165) is 11.1 Å². The van der Waals surface area contributed by atoms with Crippen molar-refractivity contribution in [2.45, 2.75) is 12.4 Å². The van der Waals surface area contributed by atoms with Crippen LogP contribution in [0.15, 0.2) is 48.7 Å². The molecule has 0 aliphatic carbocycles. The number of ketones is 1. The summed E-state index contributed by atoms with van der Waals surface area (Å²) in [4.78, 5) is 13.9. The fraction of sp³-hybridized carbons (Fsp3) is 0.214. The van der Waals surface area contributed by atoms with Gasteiger partial charge in [-0.2, -0.15) is 0 Å². The molecule has 0 aromatic heterocycles. The highest BCUT2D eigenvalue weighted by Gasteiger charge is 2.16. The van der Waals surface area contributed by atoms with Crippen LogP contribution < -0.4 is 0 Å². The summed E-state index contributed by atoms with van der Waals surface area (Å²) < 4.78 is 0. The van der Waals surface area contributed by atoms with Crippen LogP contribution in [0.1, 0.15) is 15.9 Å². The third kappa shape index (κ3) is 2.77. The Kier molecular flexibility index (Phi) is 3.64. The molecule has 1 atom stereocenters. The van der Waals surface area contributed by atoms with Crippen LogP contribution >= 0.6 is 11.6 Å². The van der Waals surface area contributed by atoms with E-state index in [9.17, 15) is 4.79 Å². The lowest BCUT2D eigenvalue weighted by atomic mass is 10.0. The molecule has 1 heterocycles. The lowest BCUT2D eigenvalue weighted by Gasteiger charge is -2.25. The molecule has 1 unspecified atom stereocenters. The van der Waals surface area contributed by atoms with E-state index in [1.807, 2.05) is 60.5 Å². The molecule has 0 radical (unpaired) electrons. The van der Waals surface area contributed by atoms with Crippen molar-refractivity contribution in [1.29, 1.82) is 0 Å². The summed E-state index contributed by atoms with van der Waals surface area (Å²) in [7, 11) is 0. The molecule has 1 aromatic rings. The van der Waals surface area contributed by atoms with Gasteiger partial charge in [-0.1, -0.05) is 41.9 Å². The van der Waals surface area contributed by atoms with Crippen molar-refractivity contribution in [3.63, 3.8) is 0 Å². The molecule has 0 saturated carbocycles. The summed E-state index contributed by atoms with van der Waals surface area (Å²) in [6.45, 7) is 2.25. The Morgan fingerprint density at radius 3 is 2.82 bits per heavy atom. The summed E-state index contributed by atoms with van der Waals surface area (Å²) in [5, 5.41) is 0. The highest BCUT2D eigenvalue weighted by molar-refractivity contribution is 6.21. The number of hydrogen-bond donors (Lipinski definition) is 0. The smallest absolute Gasteiger partial charge is 0.182 e. The molecule has 3 heteroatoms. The Labute approximate surface area is 106 Å². The molecular weight excluding hydrogens is 234 g/mol. The van der Waals surface area contributed by atoms with Gasteiger partial charge in [0.1, 0.15) is 5.50 Å². The van der Waals surface area contributed by atoms with Gasteiger partial charge < -0.3 is 4.90 Å². The van der Waals surface area contributed by atoms with Gasteiger partial charge >= 0.3 is 0 Å². The number of benzene rings is 1. The van der Waals surface area contributed by atoms with Gasteiger partial charge in [0, 0.05) is 11.8 Å². The molecule has 0 fully saturated rings. The van der Waals surface area contributed by atoms with Crippen molar-refractivity contribution >= 4 is 17.4 Å². The van der Waals surface area contributed by atoms with Gasteiger partial charge in [0.15, 0.2) is 5.78 Å². The topological polar surface area (TPSA) is 20.3 Å². The van der Waals surface area contributed by atoms with E-state index in [2.05, 4.69) is 0 Å². The zero-order valence-corrected chi connectivity index (χ0v) is 10.4. The molecule has 2 rings (SSSR count). The van der Waals surface area contributed by atoms with Crippen LogP contribution in [0.4, 0.5) is 0 Å². The predicted octanol–water partition coefficient (Wildman–Crippen LogP) is 3.13. The summed E-state index contributed by atoms with van der Waals surface area (Å²) in [5.41, 5.74) is 1.52. The number of nitrogens with zero attached hydrogens (tertiary/aromatic N) is 1. The SMILES string of the molecule is Cc1ccccc1C(=O)CN1C=CC=CC1Cl. The number of halogens is 1. The van der Waals surface area contributed by atoms with Gasteiger partial charge in [-0.05, 0) is 24.6 Å². The van der Waals surface area contributed by atoms with Gasteiger partial charge in [-0.15, -0.1) is 0 Å². The Balaban J connectivity index is 2.10. The minimum absolute atomic E-state index is 0.0914. The Morgan fingerprint density at radius 1 is 1.35 bits per heavy atom. The molecule has 1 aliphatic rings. The molecule has 1 aliphatic heterocycles. The maximum absolute atomic E-state index is 12.1. The highest BCUT2D eigenvalue weighted by atomic mass is 35.5. The fourth-order valence-corrected chi connectivity index (χ4v) is 2.00. The predicted molar refractivity (Wildman–Crippen MR) is 70.1 cm³/mol. The molecule has 0 saturated heterocycles. The normalized spacial score (nSPS) is 18.5. The fourth-order valence-electron chi connectivity index (χ4n) is 1.79. The Morgan fingerprint density at radius 2 is 2.12 bits per heavy atom. The number of carbonyl (C=O) groups is 1. The lowest BCUT2D eigenvalue weighted by molar-refractivity contribution is 0.0954. The van der Waals surface area contributed by atoms with Crippen LogP contribution in [-0.4, -0.2) is 22.7 Å². The van der Waals surface area contributed by atoms with E-state index >= 15 is 0 Å². The number of rotatable bonds is 3. The summed E-state index contributed by atoms with van der Waals surface area (Å²) in [6.07, 6.45) is 7.46. The van der Waals surface area contributed by atoms with Crippen LogP contribution in [0, 0.1) is 6.92 Å². The highest BCUT2D eigenvalue weighted by Crippen LogP contribution is 2.15. The first-order valence-electron chi connectivity index (χ1n) is 5.52. The van der Waals surface area contributed by atoms with Crippen molar-refractivity contribution in [3.05, 3.63) is 59.8 Å². The van der Waals surface area contributed by atoms with Crippen molar-refractivity contribution in [2.24, 2.45) is 0 Å². The second-order valence-electron chi connectivity index (χ2n) is 4.01. The molecule has 0 spiro atoms. The molecule has 88 valence electrons. The summed E-state index contributed by atoms with van der Waals surface area (Å²) in [6, 6.07) is 7.60. The first-order valence-corrected chi connectivity index (χ1v) is 5.96. The number of allylic oxidation sites excluding steroid dienone is 2. The van der Waals surface area contributed by atoms with Crippen molar-refractivity contribution < 1.29 is 4.79 Å². The van der Waals surface area contributed by atoms with Crippen molar-refractivity contribution in [2.75, 3.05) is 6.54 Å². The largest absolute Gasteiger partial charge is 0.350 e. The van der Waals surface area contributed by atoms with Gasteiger partial charge in [-0.3, -0.25) is 4.79 Å². The summed E-state index contributed by atoms with van der Waals surface area (Å²) >= 11 is 6.09. The van der Waals surface area contributed by atoms with E-state index in [-0.39, 0.29) is 11.3 Å². The molecule has 2 nitrogen and oxygen atoms in total. The van der Waals surface area contributed by atoms with Gasteiger partial charge in [0.2, 0.25) is 0 Å². The average Bonchev–Trinajstić information content (AvgIpc) is 2.32. The number of aryl methyl sites for hydroxylation is 1. The van der Waals surface area contributed by atoms with E-state index in [1.54, 1.807) is 0 Å². The number of Topliss-reactive ketones (excluding diaryl/α,β-unsaturated/α-hetero) is 1. The van der Waals surface area contributed by atoms with E-state index in [1.165, 1.54) is 0 Å². The van der Waals surface area contributed by atoms with Crippen LogP contribution in [0.25, 0.3) is 0 Å². The Bertz CT molecular complexity index is 479. The van der Waals surface area contributed by atoms with Gasteiger partial charge in [0.25, 0.3) is 0 Å². The monoisotopic (exact) mass is 247 g/mol. The zero-order chi connectivity index (χ0) is 12.3. The standard InChI is InChI=1S/C14H14ClNO/c1-11-6-2-3-7-12(11)13(17)10-16-9-5-4-8-14(16)15/h2-9,14H,10H2,1H3.